The lowest BCUT2D eigenvalue weighted by molar-refractivity contribution is 0.266. The molecule has 0 aromatic rings. The van der Waals surface area contributed by atoms with E-state index in [9.17, 15) is 0 Å². The molecule has 0 radical (unpaired) electrons. The van der Waals surface area contributed by atoms with Crippen LogP contribution in [0.3, 0.4) is 0 Å². The number of likely N-dealkylation sites (tertiary alicyclic amines) is 1. The monoisotopic (exact) mass is 165 g/mol. The lowest BCUT2D eigenvalue weighted by atomic mass is 9.94. The van der Waals surface area contributed by atoms with E-state index in [-0.39, 0.29) is 0 Å². The summed E-state index contributed by atoms with van der Waals surface area (Å²) in [5, 5.41) is 0. The van der Waals surface area contributed by atoms with Gasteiger partial charge >= 0.3 is 0 Å². The van der Waals surface area contributed by atoms with Crippen molar-refractivity contribution in [2.45, 2.75) is 32.1 Å². The van der Waals surface area contributed by atoms with Crippen molar-refractivity contribution in [3.8, 4) is 0 Å². The first-order valence-electron chi connectivity index (χ1n) is 5.32. The van der Waals surface area contributed by atoms with Crippen LogP contribution >= 0.6 is 0 Å². The van der Waals surface area contributed by atoms with Crippen LogP contribution in [0.5, 0.6) is 0 Å². The van der Waals surface area contributed by atoms with Crippen LogP contribution in [-0.4, -0.2) is 24.5 Å². The van der Waals surface area contributed by atoms with Crippen molar-refractivity contribution in [1.82, 2.24) is 4.90 Å². The van der Waals surface area contributed by atoms with Gasteiger partial charge in [-0.15, -0.1) is 0 Å². The first-order chi connectivity index (χ1) is 5.95. The summed E-state index contributed by atoms with van der Waals surface area (Å²) in [6.07, 6.45) is 11.6. The highest BCUT2D eigenvalue weighted by atomic mass is 15.1. The third-order valence-corrected chi connectivity index (χ3v) is 3.09. The molecular weight excluding hydrogens is 146 g/mol. The molecule has 0 N–H and O–H groups in total. The minimum Gasteiger partial charge on any atom is -0.303 e. The molecule has 1 unspecified atom stereocenters. The van der Waals surface area contributed by atoms with Gasteiger partial charge in [-0.25, -0.2) is 0 Å². The predicted molar refractivity (Wildman–Crippen MR) is 52.2 cm³/mol. The molecule has 2 rings (SSSR count). The molecule has 0 aromatic carbocycles. The lowest BCUT2D eigenvalue weighted by Crippen LogP contribution is -2.27. The predicted octanol–water partition coefficient (Wildman–Crippen LogP) is 2.44. The van der Waals surface area contributed by atoms with Gasteiger partial charge in [-0.2, -0.15) is 0 Å². The molecule has 0 bridgehead atoms. The SMILES string of the molecule is C1=CCC(CN2CCCC2)CC1. The van der Waals surface area contributed by atoms with Crippen molar-refractivity contribution in [3.63, 3.8) is 0 Å². The second kappa shape index (κ2) is 4.08. The van der Waals surface area contributed by atoms with Gasteiger partial charge < -0.3 is 4.90 Å². The van der Waals surface area contributed by atoms with Crippen LogP contribution < -0.4 is 0 Å². The summed E-state index contributed by atoms with van der Waals surface area (Å²) in [6, 6.07) is 0. The van der Waals surface area contributed by atoms with Gasteiger partial charge in [0.2, 0.25) is 0 Å². The Bertz CT molecular complexity index is 156. The third kappa shape index (κ3) is 2.10. The zero-order valence-electron chi connectivity index (χ0n) is 7.84. The van der Waals surface area contributed by atoms with Gasteiger partial charge in [-0.05, 0) is 51.1 Å². The molecule has 1 saturated heterocycles. The molecule has 1 heterocycles. The van der Waals surface area contributed by atoms with Crippen molar-refractivity contribution in [2.24, 2.45) is 5.92 Å². The fraction of sp³-hybridized carbons (Fsp3) is 0.818. The molecule has 2 aliphatic rings. The Balaban J connectivity index is 1.74. The highest BCUT2D eigenvalue weighted by molar-refractivity contribution is 4.91. The summed E-state index contributed by atoms with van der Waals surface area (Å²) in [4.78, 5) is 2.64. The molecule has 1 aliphatic carbocycles. The minimum atomic E-state index is 0.966. The summed E-state index contributed by atoms with van der Waals surface area (Å²) in [6.45, 7) is 4.09. The lowest BCUT2D eigenvalue weighted by Gasteiger charge is -2.23. The molecule has 0 amide bonds. The maximum absolute atomic E-state index is 2.64. The highest BCUT2D eigenvalue weighted by Gasteiger charge is 2.17. The van der Waals surface area contributed by atoms with Crippen molar-refractivity contribution in [3.05, 3.63) is 12.2 Å². The number of hydrogen-bond donors (Lipinski definition) is 0. The van der Waals surface area contributed by atoms with Gasteiger partial charge in [0.1, 0.15) is 0 Å². The van der Waals surface area contributed by atoms with Crippen molar-refractivity contribution < 1.29 is 0 Å². The second-order valence-electron chi connectivity index (χ2n) is 4.16. The first kappa shape index (κ1) is 8.31. The fourth-order valence-electron chi connectivity index (χ4n) is 2.35. The molecule has 1 fully saturated rings. The zero-order chi connectivity index (χ0) is 8.23. The Morgan fingerprint density at radius 1 is 1.17 bits per heavy atom. The Labute approximate surface area is 75.4 Å². The molecule has 1 nitrogen and oxygen atoms in total. The molecule has 1 heteroatoms. The Hall–Kier alpha value is -0.300. The van der Waals surface area contributed by atoms with Crippen LogP contribution in [0.4, 0.5) is 0 Å². The summed E-state index contributed by atoms with van der Waals surface area (Å²) < 4.78 is 0. The molecular formula is C11H19N. The number of allylic oxidation sites excluding steroid dienone is 2. The second-order valence-corrected chi connectivity index (χ2v) is 4.16. The van der Waals surface area contributed by atoms with E-state index in [0.717, 1.165) is 5.92 Å². The van der Waals surface area contributed by atoms with Crippen LogP contribution in [-0.2, 0) is 0 Å². The van der Waals surface area contributed by atoms with E-state index in [1.54, 1.807) is 0 Å². The minimum absolute atomic E-state index is 0.966. The quantitative estimate of drug-likeness (QED) is 0.568. The number of nitrogens with zero attached hydrogens (tertiary/aromatic N) is 1. The van der Waals surface area contributed by atoms with Crippen molar-refractivity contribution in [1.29, 1.82) is 0 Å². The Kier molecular flexibility index (Phi) is 2.83. The van der Waals surface area contributed by atoms with Crippen LogP contribution in [0.1, 0.15) is 32.1 Å². The first-order valence-corrected chi connectivity index (χ1v) is 5.32. The topological polar surface area (TPSA) is 3.24 Å². The largest absolute Gasteiger partial charge is 0.303 e. The summed E-state index contributed by atoms with van der Waals surface area (Å²) >= 11 is 0. The number of hydrogen-bond acceptors (Lipinski definition) is 1. The van der Waals surface area contributed by atoms with Crippen LogP contribution in [0.25, 0.3) is 0 Å². The van der Waals surface area contributed by atoms with Crippen LogP contribution in [0.15, 0.2) is 12.2 Å². The van der Waals surface area contributed by atoms with E-state index in [1.165, 1.54) is 51.7 Å². The van der Waals surface area contributed by atoms with Gasteiger partial charge in [-0.3, -0.25) is 0 Å². The summed E-state index contributed by atoms with van der Waals surface area (Å²) in [5.41, 5.74) is 0. The van der Waals surface area contributed by atoms with Gasteiger partial charge in [0.25, 0.3) is 0 Å². The normalized spacial score (nSPS) is 31.2. The maximum atomic E-state index is 2.64. The Morgan fingerprint density at radius 2 is 2.00 bits per heavy atom. The van der Waals surface area contributed by atoms with E-state index >= 15 is 0 Å². The standard InChI is InChI=1S/C11H19N/c1-2-6-11(7-3-1)10-12-8-4-5-9-12/h1-2,11H,3-10H2. The van der Waals surface area contributed by atoms with Gasteiger partial charge in [-0.1, -0.05) is 12.2 Å². The maximum Gasteiger partial charge on any atom is 0.00127 e. The van der Waals surface area contributed by atoms with E-state index in [1.807, 2.05) is 0 Å². The van der Waals surface area contributed by atoms with Crippen LogP contribution in [0, 0.1) is 5.92 Å². The van der Waals surface area contributed by atoms with Gasteiger partial charge in [0.05, 0.1) is 0 Å². The van der Waals surface area contributed by atoms with E-state index in [2.05, 4.69) is 17.1 Å². The average molecular weight is 165 g/mol. The molecule has 1 atom stereocenters. The van der Waals surface area contributed by atoms with Gasteiger partial charge in [0.15, 0.2) is 0 Å². The molecule has 1 aliphatic heterocycles. The smallest absolute Gasteiger partial charge is 0.00127 e. The van der Waals surface area contributed by atoms with Crippen molar-refractivity contribution in [2.75, 3.05) is 19.6 Å². The molecule has 0 saturated carbocycles. The summed E-state index contributed by atoms with van der Waals surface area (Å²) in [5.74, 6) is 0.966. The molecule has 12 heavy (non-hydrogen) atoms. The molecule has 0 spiro atoms. The number of rotatable bonds is 2. The van der Waals surface area contributed by atoms with Gasteiger partial charge in [0, 0.05) is 6.54 Å². The van der Waals surface area contributed by atoms with E-state index in [0.29, 0.717) is 0 Å². The Morgan fingerprint density at radius 3 is 2.67 bits per heavy atom. The average Bonchev–Trinajstić information content (AvgIpc) is 2.59. The molecule has 68 valence electrons. The van der Waals surface area contributed by atoms with E-state index < -0.39 is 0 Å². The fourth-order valence-corrected chi connectivity index (χ4v) is 2.35. The molecule has 0 aromatic heterocycles. The third-order valence-electron chi connectivity index (χ3n) is 3.09. The summed E-state index contributed by atoms with van der Waals surface area (Å²) in [7, 11) is 0. The zero-order valence-corrected chi connectivity index (χ0v) is 7.84. The van der Waals surface area contributed by atoms with Crippen LogP contribution in [0.2, 0.25) is 0 Å². The van der Waals surface area contributed by atoms with Crippen molar-refractivity contribution >= 4 is 0 Å². The highest BCUT2D eigenvalue weighted by Crippen LogP contribution is 2.20. The van der Waals surface area contributed by atoms with E-state index in [4.69, 9.17) is 0 Å².